The molecule has 1 aliphatic rings. The molecule has 0 saturated carbocycles. The van der Waals surface area contributed by atoms with Crippen LogP contribution < -0.4 is 5.32 Å². The van der Waals surface area contributed by atoms with E-state index >= 15 is 0 Å². The van der Waals surface area contributed by atoms with Gasteiger partial charge < -0.3 is 10.1 Å². The zero-order valence-electron chi connectivity index (χ0n) is 15.0. The van der Waals surface area contributed by atoms with Crippen LogP contribution in [0.15, 0.2) is 48.5 Å². The number of ether oxygens (including phenoxy) is 1. The number of nitrogens with one attached hydrogen (secondary N) is 1. The summed E-state index contributed by atoms with van der Waals surface area (Å²) in [4.78, 5) is 15.0. The molecule has 3 rings (SSSR count). The van der Waals surface area contributed by atoms with Crippen molar-refractivity contribution in [2.75, 3.05) is 32.8 Å². The number of amides is 1. The smallest absolute Gasteiger partial charge is 0.251 e. The molecule has 4 heteroatoms. The third-order valence-corrected chi connectivity index (χ3v) is 4.61. The van der Waals surface area contributed by atoms with E-state index < -0.39 is 0 Å². The molecule has 1 heterocycles. The van der Waals surface area contributed by atoms with Crippen LogP contribution in [0.3, 0.4) is 0 Å². The fourth-order valence-corrected chi connectivity index (χ4v) is 3.42. The Morgan fingerprint density at radius 2 is 1.72 bits per heavy atom. The highest BCUT2D eigenvalue weighted by Gasteiger charge is 2.23. The minimum Gasteiger partial charge on any atom is -0.379 e. The first-order valence-corrected chi connectivity index (χ1v) is 8.87. The van der Waals surface area contributed by atoms with Gasteiger partial charge in [0.25, 0.3) is 5.91 Å². The van der Waals surface area contributed by atoms with Crippen molar-refractivity contribution in [3.05, 3.63) is 70.8 Å². The molecule has 1 unspecified atom stereocenters. The second kappa shape index (κ2) is 8.28. The van der Waals surface area contributed by atoms with Crippen LogP contribution in [0.2, 0.25) is 0 Å². The van der Waals surface area contributed by atoms with E-state index in [4.69, 9.17) is 4.74 Å². The Morgan fingerprint density at radius 3 is 2.36 bits per heavy atom. The molecule has 1 fully saturated rings. The summed E-state index contributed by atoms with van der Waals surface area (Å²) in [7, 11) is 0. The van der Waals surface area contributed by atoms with Crippen molar-refractivity contribution in [2.45, 2.75) is 19.9 Å². The molecule has 2 aromatic carbocycles. The van der Waals surface area contributed by atoms with E-state index in [1.165, 1.54) is 5.56 Å². The molecule has 1 amide bonds. The molecule has 1 saturated heterocycles. The van der Waals surface area contributed by atoms with Crippen LogP contribution in [0, 0.1) is 13.8 Å². The van der Waals surface area contributed by atoms with E-state index in [0.29, 0.717) is 6.54 Å². The molecule has 1 aliphatic heterocycles. The van der Waals surface area contributed by atoms with Gasteiger partial charge in [0.1, 0.15) is 0 Å². The highest BCUT2D eigenvalue weighted by Crippen LogP contribution is 2.21. The molecule has 0 radical (unpaired) electrons. The Kier molecular flexibility index (Phi) is 5.84. The van der Waals surface area contributed by atoms with E-state index in [1.807, 2.05) is 32.0 Å². The number of rotatable bonds is 5. The molecular formula is C21H26N2O2. The van der Waals surface area contributed by atoms with E-state index in [1.54, 1.807) is 0 Å². The molecule has 4 nitrogen and oxygen atoms in total. The van der Waals surface area contributed by atoms with Crippen molar-refractivity contribution in [3.63, 3.8) is 0 Å². The van der Waals surface area contributed by atoms with Gasteiger partial charge in [0.15, 0.2) is 0 Å². The summed E-state index contributed by atoms with van der Waals surface area (Å²) in [6, 6.07) is 16.5. The average molecular weight is 338 g/mol. The van der Waals surface area contributed by atoms with Gasteiger partial charge in [-0.15, -0.1) is 0 Å². The van der Waals surface area contributed by atoms with Gasteiger partial charge in [-0.1, -0.05) is 47.5 Å². The Hall–Kier alpha value is -2.17. The quantitative estimate of drug-likeness (QED) is 0.911. The van der Waals surface area contributed by atoms with Crippen LogP contribution in [0.1, 0.15) is 33.1 Å². The van der Waals surface area contributed by atoms with Gasteiger partial charge in [0.2, 0.25) is 0 Å². The summed E-state index contributed by atoms with van der Waals surface area (Å²) < 4.78 is 5.48. The third-order valence-electron chi connectivity index (χ3n) is 4.61. The summed E-state index contributed by atoms with van der Waals surface area (Å²) in [6.07, 6.45) is 0. The summed E-state index contributed by atoms with van der Waals surface area (Å²) in [5, 5.41) is 3.13. The maximum absolute atomic E-state index is 12.6. The van der Waals surface area contributed by atoms with E-state index in [-0.39, 0.29) is 11.9 Å². The minimum atomic E-state index is -0.0130. The van der Waals surface area contributed by atoms with Crippen molar-refractivity contribution in [2.24, 2.45) is 0 Å². The molecular weight excluding hydrogens is 312 g/mol. The highest BCUT2D eigenvalue weighted by molar-refractivity contribution is 5.94. The average Bonchev–Trinajstić information content (AvgIpc) is 2.63. The predicted octanol–water partition coefficient (Wildman–Crippen LogP) is 3.11. The van der Waals surface area contributed by atoms with Crippen molar-refractivity contribution in [1.29, 1.82) is 0 Å². The van der Waals surface area contributed by atoms with Crippen LogP contribution >= 0.6 is 0 Å². The lowest BCUT2D eigenvalue weighted by molar-refractivity contribution is 0.0162. The first-order chi connectivity index (χ1) is 12.1. The van der Waals surface area contributed by atoms with Gasteiger partial charge in [0, 0.05) is 25.2 Å². The Balaban J connectivity index is 1.72. The highest BCUT2D eigenvalue weighted by atomic mass is 16.5. The normalized spacial score (nSPS) is 16.4. The zero-order chi connectivity index (χ0) is 17.6. The number of carbonyl (C=O) groups excluding carboxylic acids is 1. The predicted molar refractivity (Wildman–Crippen MR) is 99.8 cm³/mol. The molecule has 2 aromatic rings. The molecule has 1 atom stereocenters. The number of morpholine rings is 1. The van der Waals surface area contributed by atoms with Gasteiger partial charge in [-0.2, -0.15) is 0 Å². The summed E-state index contributed by atoms with van der Waals surface area (Å²) in [5.74, 6) is -0.0130. The minimum absolute atomic E-state index is 0.0130. The molecule has 0 aromatic heterocycles. The van der Waals surface area contributed by atoms with Crippen molar-refractivity contribution >= 4 is 5.91 Å². The first kappa shape index (κ1) is 17.6. The Labute approximate surface area is 149 Å². The SMILES string of the molecule is Cc1cc(C)cc(C(=O)NCC(c2ccccc2)N2CCOCC2)c1. The van der Waals surface area contributed by atoms with Gasteiger partial charge in [-0.3, -0.25) is 9.69 Å². The van der Waals surface area contributed by atoms with Crippen LogP contribution in [-0.2, 0) is 4.74 Å². The van der Waals surface area contributed by atoms with Crippen molar-refractivity contribution < 1.29 is 9.53 Å². The molecule has 0 aliphatic carbocycles. The molecule has 25 heavy (non-hydrogen) atoms. The van der Waals surface area contributed by atoms with Gasteiger partial charge >= 0.3 is 0 Å². The molecule has 0 spiro atoms. The summed E-state index contributed by atoms with van der Waals surface area (Å²) in [6.45, 7) is 7.89. The topological polar surface area (TPSA) is 41.6 Å². The van der Waals surface area contributed by atoms with Crippen LogP contribution in [0.4, 0.5) is 0 Å². The van der Waals surface area contributed by atoms with Crippen molar-refractivity contribution in [3.8, 4) is 0 Å². The maximum atomic E-state index is 12.6. The number of hydrogen-bond acceptors (Lipinski definition) is 3. The van der Waals surface area contributed by atoms with E-state index in [0.717, 1.165) is 43.0 Å². The summed E-state index contributed by atoms with van der Waals surface area (Å²) in [5.41, 5.74) is 4.17. The molecule has 1 N–H and O–H groups in total. The van der Waals surface area contributed by atoms with Crippen LogP contribution in [0.5, 0.6) is 0 Å². The van der Waals surface area contributed by atoms with Crippen molar-refractivity contribution in [1.82, 2.24) is 10.2 Å². The standard InChI is InChI=1S/C21H26N2O2/c1-16-12-17(2)14-19(13-16)21(24)22-15-20(18-6-4-3-5-7-18)23-8-10-25-11-9-23/h3-7,12-14,20H,8-11,15H2,1-2H3,(H,22,24). The zero-order valence-corrected chi connectivity index (χ0v) is 15.0. The van der Waals surface area contributed by atoms with Crippen LogP contribution in [0.25, 0.3) is 0 Å². The van der Waals surface area contributed by atoms with Gasteiger partial charge in [-0.05, 0) is 31.5 Å². The monoisotopic (exact) mass is 338 g/mol. The van der Waals surface area contributed by atoms with E-state index in [2.05, 4.69) is 40.5 Å². The third kappa shape index (κ3) is 4.68. The number of aryl methyl sites for hydroxylation is 2. The Morgan fingerprint density at radius 1 is 1.08 bits per heavy atom. The number of benzene rings is 2. The first-order valence-electron chi connectivity index (χ1n) is 8.87. The lowest BCUT2D eigenvalue weighted by atomic mass is 10.0. The fraction of sp³-hybridized carbons (Fsp3) is 0.381. The summed E-state index contributed by atoms with van der Waals surface area (Å²) >= 11 is 0. The molecule has 0 bridgehead atoms. The lowest BCUT2D eigenvalue weighted by Crippen LogP contribution is -2.43. The second-order valence-corrected chi connectivity index (χ2v) is 6.66. The second-order valence-electron chi connectivity index (χ2n) is 6.66. The van der Waals surface area contributed by atoms with Gasteiger partial charge in [-0.25, -0.2) is 0 Å². The lowest BCUT2D eigenvalue weighted by Gasteiger charge is -2.35. The van der Waals surface area contributed by atoms with Gasteiger partial charge in [0.05, 0.1) is 19.3 Å². The number of nitrogens with zero attached hydrogens (tertiary/aromatic N) is 1. The number of hydrogen-bond donors (Lipinski definition) is 1. The number of carbonyl (C=O) groups is 1. The molecule has 132 valence electrons. The van der Waals surface area contributed by atoms with Crippen LogP contribution in [-0.4, -0.2) is 43.7 Å². The largest absolute Gasteiger partial charge is 0.379 e. The Bertz CT molecular complexity index is 689. The maximum Gasteiger partial charge on any atom is 0.251 e. The van der Waals surface area contributed by atoms with E-state index in [9.17, 15) is 4.79 Å². The fourth-order valence-electron chi connectivity index (χ4n) is 3.42.